The lowest BCUT2D eigenvalue weighted by atomic mass is 10.2. The van der Waals surface area contributed by atoms with Crippen LogP contribution in [0.25, 0.3) is 0 Å². The van der Waals surface area contributed by atoms with Gasteiger partial charge in [0.2, 0.25) is 5.91 Å². The number of rotatable bonds is 6. The summed E-state index contributed by atoms with van der Waals surface area (Å²) < 4.78 is 4.08. The molecule has 2 aromatic heterocycles. The van der Waals surface area contributed by atoms with E-state index in [0.717, 1.165) is 25.1 Å². The molecule has 0 bridgehead atoms. The fraction of sp³-hybridized carbons (Fsp3) is 0.200. The maximum atomic E-state index is 11.0. The Kier molecular flexibility index (Phi) is 4.98. The van der Waals surface area contributed by atoms with Crippen molar-refractivity contribution < 1.29 is 19.1 Å². The Morgan fingerprint density at radius 1 is 1.10 bits per heavy atom. The molecule has 0 aliphatic carbocycles. The van der Waals surface area contributed by atoms with E-state index in [1.165, 1.54) is 6.21 Å². The molecule has 1 amide bonds. The maximum absolute atomic E-state index is 11.0. The van der Waals surface area contributed by atoms with Gasteiger partial charge in [0, 0.05) is 29.8 Å². The first-order valence-corrected chi connectivity index (χ1v) is 6.64. The largest absolute Gasteiger partial charge is 0.411 e. The minimum Gasteiger partial charge on any atom is -0.411 e. The second-order valence-electron chi connectivity index (χ2n) is 4.66. The molecular weight excluding hydrogens is 268 g/mol. The molecule has 0 atom stereocenters. The third-order valence-electron chi connectivity index (χ3n) is 3.13. The van der Waals surface area contributed by atoms with Crippen LogP contribution < -0.4 is 14.9 Å². The SMILES string of the molecule is NC(=O)c1cc[n+](CCC[n+]2ccc(C=NO)cc2)cc1. The average Bonchev–Trinajstić information content (AvgIpc) is 2.50. The number of primary amides is 1. The molecule has 3 N–H and O–H groups in total. The molecule has 0 spiro atoms. The van der Waals surface area contributed by atoms with E-state index in [-0.39, 0.29) is 0 Å². The van der Waals surface area contributed by atoms with Crippen molar-refractivity contribution in [2.45, 2.75) is 19.5 Å². The molecular formula is C15H18N4O2+2. The average molecular weight is 286 g/mol. The van der Waals surface area contributed by atoms with Crippen LogP contribution in [0.4, 0.5) is 0 Å². The van der Waals surface area contributed by atoms with Crippen LogP contribution in [-0.2, 0) is 13.1 Å². The van der Waals surface area contributed by atoms with Crippen LogP contribution in [0.3, 0.4) is 0 Å². The molecule has 0 saturated carbocycles. The third kappa shape index (κ3) is 4.38. The first-order chi connectivity index (χ1) is 10.2. The lowest BCUT2D eigenvalue weighted by Gasteiger charge is -1.98. The number of hydrogen-bond donors (Lipinski definition) is 2. The van der Waals surface area contributed by atoms with E-state index in [9.17, 15) is 4.79 Å². The van der Waals surface area contributed by atoms with Crippen LogP contribution in [0.1, 0.15) is 22.3 Å². The topological polar surface area (TPSA) is 83.4 Å². The van der Waals surface area contributed by atoms with Crippen molar-refractivity contribution in [2.24, 2.45) is 10.9 Å². The molecule has 6 nitrogen and oxygen atoms in total. The van der Waals surface area contributed by atoms with Crippen molar-refractivity contribution >= 4 is 12.1 Å². The number of pyridine rings is 2. The molecule has 108 valence electrons. The number of nitrogens with two attached hydrogens (primary N) is 1. The summed E-state index contributed by atoms with van der Waals surface area (Å²) in [6.07, 6.45) is 9.94. The van der Waals surface area contributed by atoms with E-state index in [1.807, 2.05) is 41.5 Å². The van der Waals surface area contributed by atoms with Crippen molar-refractivity contribution in [3.63, 3.8) is 0 Å². The Morgan fingerprint density at radius 2 is 1.62 bits per heavy atom. The highest BCUT2D eigenvalue weighted by Gasteiger charge is 2.06. The van der Waals surface area contributed by atoms with Crippen molar-refractivity contribution in [3.8, 4) is 0 Å². The maximum Gasteiger partial charge on any atom is 0.249 e. The number of nitrogens with zero attached hydrogens (tertiary/aromatic N) is 3. The Hall–Kier alpha value is -2.76. The van der Waals surface area contributed by atoms with Crippen molar-refractivity contribution in [2.75, 3.05) is 0 Å². The second-order valence-corrected chi connectivity index (χ2v) is 4.66. The molecule has 0 aliphatic rings. The van der Waals surface area contributed by atoms with Gasteiger partial charge in [-0.2, -0.15) is 0 Å². The minimum absolute atomic E-state index is 0.413. The van der Waals surface area contributed by atoms with Gasteiger partial charge >= 0.3 is 0 Å². The zero-order valence-corrected chi connectivity index (χ0v) is 11.6. The van der Waals surface area contributed by atoms with Crippen molar-refractivity contribution in [3.05, 3.63) is 60.2 Å². The first kappa shape index (κ1) is 14.6. The van der Waals surface area contributed by atoms with E-state index in [2.05, 4.69) is 9.72 Å². The Morgan fingerprint density at radius 3 is 2.10 bits per heavy atom. The van der Waals surface area contributed by atoms with Gasteiger partial charge in [0.25, 0.3) is 0 Å². The summed E-state index contributed by atoms with van der Waals surface area (Å²) in [5.41, 5.74) is 6.56. The predicted octanol–water partition coefficient (Wildman–Crippen LogP) is 0.259. The highest BCUT2D eigenvalue weighted by Crippen LogP contribution is 1.94. The van der Waals surface area contributed by atoms with Gasteiger partial charge in [-0.05, 0) is 0 Å². The lowest BCUT2D eigenvalue weighted by Crippen LogP contribution is -2.38. The third-order valence-corrected chi connectivity index (χ3v) is 3.13. The van der Waals surface area contributed by atoms with E-state index < -0.39 is 5.91 Å². The van der Waals surface area contributed by atoms with Gasteiger partial charge in [-0.3, -0.25) is 4.79 Å². The Balaban J connectivity index is 1.84. The number of amides is 1. The lowest BCUT2D eigenvalue weighted by molar-refractivity contribution is -0.726. The molecule has 0 fully saturated rings. The van der Waals surface area contributed by atoms with Crippen LogP contribution in [0.15, 0.2) is 54.2 Å². The molecule has 21 heavy (non-hydrogen) atoms. The van der Waals surface area contributed by atoms with Gasteiger partial charge in [-0.25, -0.2) is 9.13 Å². The molecule has 2 aromatic rings. The van der Waals surface area contributed by atoms with Crippen LogP contribution in [0.2, 0.25) is 0 Å². The highest BCUT2D eigenvalue weighted by molar-refractivity contribution is 5.92. The highest BCUT2D eigenvalue weighted by atomic mass is 16.4. The summed E-state index contributed by atoms with van der Waals surface area (Å²) >= 11 is 0. The number of hydrogen-bond acceptors (Lipinski definition) is 3. The normalized spacial score (nSPS) is 10.9. The van der Waals surface area contributed by atoms with Gasteiger partial charge in [-0.1, -0.05) is 5.16 Å². The van der Waals surface area contributed by atoms with E-state index in [1.54, 1.807) is 12.1 Å². The smallest absolute Gasteiger partial charge is 0.249 e. The van der Waals surface area contributed by atoms with Gasteiger partial charge in [0.15, 0.2) is 37.9 Å². The van der Waals surface area contributed by atoms with Gasteiger partial charge in [-0.15, -0.1) is 0 Å². The van der Waals surface area contributed by atoms with Crippen LogP contribution in [-0.4, -0.2) is 17.3 Å². The van der Waals surface area contributed by atoms with Crippen molar-refractivity contribution in [1.29, 1.82) is 0 Å². The fourth-order valence-electron chi connectivity index (χ4n) is 1.98. The van der Waals surface area contributed by atoms with E-state index in [0.29, 0.717) is 5.56 Å². The molecule has 0 unspecified atom stereocenters. The summed E-state index contributed by atoms with van der Waals surface area (Å²) in [5.74, 6) is -0.413. The summed E-state index contributed by atoms with van der Waals surface area (Å²) in [7, 11) is 0. The van der Waals surface area contributed by atoms with Crippen LogP contribution in [0, 0.1) is 0 Å². The van der Waals surface area contributed by atoms with Gasteiger partial charge in [0.1, 0.15) is 0 Å². The Bertz CT molecular complexity index is 621. The van der Waals surface area contributed by atoms with E-state index in [4.69, 9.17) is 10.9 Å². The number of aryl methyl sites for hydroxylation is 2. The summed E-state index contributed by atoms with van der Waals surface area (Å²) in [5, 5.41) is 11.4. The quantitative estimate of drug-likeness (QED) is 0.345. The molecule has 0 radical (unpaired) electrons. The Labute approximate surface area is 122 Å². The van der Waals surface area contributed by atoms with Crippen LogP contribution in [0.5, 0.6) is 0 Å². The molecule has 2 rings (SSSR count). The first-order valence-electron chi connectivity index (χ1n) is 6.64. The number of oxime groups is 1. The van der Waals surface area contributed by atoms with Crippen LogP contribution >= 0.6 is 0 Å². The number of carbonyl (C=O) groups is 1. The van der Waals surface area contributed by atoms with E-state index >= 15 is 0 Å². The fourth-order valence-corrected chi connectivity index (χ4v) is 1.98. The standard InChI is InChI=1S/C15H16N4O2/c16-15(20)14-4-10-19(11-5-14)7-1-6-18-8-2-13(3-9-18)12-17-21/h2-5,8-12H,1,6-7H2,(H-,16,20)/p+2. The summed E-state index contributed by atoms with van der Waals surface area (Å²) in [6, 6.07) is 7.21. The number of aromatic nitrogens is 2. The molecule has 0 aliphatic heterocycles. The zero-order chi connectivity index (χ0) is 15.1. The molecule has 2 heterocycles. The predicted molar refractivity (Wildman–Crippen MR) is 75.8 cm³/mol. The van der Waals surface area contributed by atoms with Crippen molar-refractivity contribution in [1.82, 2.24) is 0 Å². The minimum atomic E-state index is -0.413. The molecule has 6 heteroatoms. The second kappa shape index (κ2) is 7.14. The number of carbonyl (C=O) groups excluding carboxylic acids is 1. The van der Waals surface area contributed by atoms with Gasteiger partial charge in [0.05, 0.1) is 18.2 Å². The zero-order valence-electron chi connectivity index (χ0n) is 11.6. The monoisotopic (exact) mass is 286 g/mol. The molecule has 0 saturated heterocycles. The summed E-state index contributed by atoms with van der Waals surface area (Å²) in [4.78, 5) is 11.0. The van der Waals surface area contributed by atoms with Gasteiger partial charge < -0.3 is 10.9 Å². The summed E-state index contributed by atoms with van der Waals surface area (Å²) in [6.45, 7) is 1.73. The molecule has 0 aromatic carbocycles.